The summed E-state index contributed by atoms with van der Waals surface area (Å²) >= 11 is 0. The second-order valence-electron chi connectivity index (χ2n) is 6.35. The van der Waals surface area contributed by atoms with Gasteiger partial charge in [0.2, 0.25) is 6.33 Å². The standard InChI is InChI=1S/C19H37N2O2/c1-3-5-7-9-11-15-22-18-20-13-14-21(17-20)19-23-16-12-10-8-6-4-2/h13-14,17H,3-12,15-16,18-19H2,1-2H3/q+1. The summed E-state index contributed by atoms with van der Waals surface area (Å²) in [6, 6.07) is 0. The van der Waals surface area contributed by atoms with Crippen LogP contribution in [0.25, 0.3) is 0 Å². The number of rotatable bonds is 16. The van der Waals surface area contributed by atoms with E-state index in [1.165, 1.54) is 64.2 Å². The molecule has 0 aliphatic heterocycles. The maximum absolute atomic E-state index is 5.70. The molecule has 23 heavy (non-hydrogen) atoms. The molecule has 0 aromatic carbocycles. The Kier molecular flexibility index (Phi) is 12.9. The largest absolute Gasteiger partial charge is 0.342 e. The highest BCUT2D eigenvalue weighted by Crippen LogP contribution is 2.03. The molecule has 1 rings (SSSR count). The first kappa shape index (κ1) is 20.2. The molecule has 0 fully saturated rings. The molecule has 1 aromatic heterocycles. The summed E-state index contributed by atoms with van der Waals surface area (Å²) in [5.74, 6) is 0. The molecular formula is C19H37N2O2+. The van der Waals surface area contributed by atoms with Crippen LogP contribution in [0.2, 0.25) is 0 Å². The molecular weight excluding hydrogens is 288 g/mol. The second kappa shape index (κ2) is 14.7. The Bertz CT molecular complexity index is 334. The van der Waals surface area contributed by atoms with Crippen LogP contribution in [-0.2, 0) is 22.9 Å². The fourth-order valence-corrected chi connectivity index (χ4v) is 2.55. The number of hydrogen-bond donors (Lipinski definition) is 0. The first-order valence-corrected chi connectivity index (χ1v) is 9.57. The molecule has 1 heterocycles. The van der Waals surface area contributed by atoms with Gasteiger partial charge in [0.05, 0.1) is 13.2 Å². The molecule has 0 bridgehead atoms. The minimum Gasteiger partial charge on any atom is -0.342 e. The highest BCUT2D eigenvalue weighted by molar-refractivity contribution is 4.63. The summed E-state index contributed by atoms with van der Waals surface area (Å²) < 4.78 is 15.5. The van der Waals surface area contributed by atoms with Crippen LogP contribution < -0.4 is 4.57 Å². The van der Waals surface area contributed by atoms with Gasteiger partial charge in [0.1, 0.15) is 12.4 Å². The van der Waals surface area contributed by atoms with Crippen LogP contribution in [0.15, 0.2) is 18.7 Å². The SMILES string of the molecule is CCCCCCCOCn1cc[n+](COCCCCCCC)c1. The quantitative estimate of drug-likeness (QED) is 0.326. The van der Waals surface area contributed by atoms with Gasteiger partial charge in [0.25, 0.3) is 0 Å². The van der Waals surface area contributed by atoms with E-state index in [2.05, 4.69) is 23.0 Å². The molecule has 0 spiro atoms. The minimum absolute atomic E-state index is 0.637. The monoisotopic (exact) mass is 325 g/mol. The van der Waals surface area contributed by atoms with Crippen LogP contribution in [0.3, 0.4) is 0 Å². The van der Waals surface area contributed by atoms with Crippen molar-refractivity contribution in [1.82, 2.24) is 4.57 Å². The molecule has 0 saturated heterocycles. The number of unbranched alkanes of at least 4 members (excludes halogenated alkanes) is 8. The number of hydrogen-bond acceptors (Lipinski definition) is 2. The van der Waals surface area contributed by atoms with E-state index in [0.717, 1.165) is 13.2 Å². The van der Waals surface area contributed by atoms with Crippen molar-refractivity contribution < 1.29 is 14.0 Å². The Morgan fingerprint density at radius 2 is 1.39 bits per heavy atom. The Labute approximate surface area is 142 Å². The summed E-state index contributed by atoms with van der Waals surface area (Å²) in [7, 11) is 0. The normalized spacial score (nSPS) is 11.2. The predicted octanol–water partition coefficient (Wildman–Crippen LogP) is 4.66. The van der Waals surface area contributed by atoms with Crippen molar-refractivity contribution in [2.45, 2.75) is 91.5 Å². The Balaban J connectivity index is 1.97. The zero-order chi connectivity index (χ0) is 16.6. The lowest BCUT2D eigenvalue weighted by atomic mass is 10.2. The van der Waals surface area contributed by atoms with Crippen molar-refractivity contribution in [1.29, 1.82) is 0 Å². The van der Waals surface area contributed by atoms with Crippen LogP contribution >= 0.6 is 0 Å². The molecule has 4 heteroatoms. The average Bonchev–Trinajstić information content (AvgIpc) is 3.01. The van der Waals surface area contributed by atoms with E-state index in [-0.39, 0.29) is 0 Å². The van der Waals surface area contributed by atoms with Gasteiger partial charge in [-0.3, -0.25) is 0 Å². The lowest BCUT2D eigenvalue weighted by molar-refractivity contribution is -0.732. The fourth-order valence-electron chi connectivity index (χ4n) is 2.55. The van der Waals surface area contributed by atoms with Crippen LogP contribution in [-0.4, -0.2) is 17.8 Å². The fraction of sp³-hybridized carbons (Fsp3) is 0.842. The smallest absolute Gasteiger partial charge is 0.247 e. The van der Waals surface area contributed by atoms with Gasteiger partial charge in [-0.25, -0.2) is 9.13 Å². The molecule has 0 aliphatic carbocycles. The van der Waals surface area contributed by atoms with Crippen molar-refractivity contribution in [2.75, 3.05) is 13.2 Å². The van der Waals surface area contributed by atoms with E-state index in [9.17, 15) is 0 Å². The maximum atomic E-state index is 5.70. The summed E-state index contributed by atoms with van der Waals surface area (Å²) in [6.45, 7) is 7.48. The molecule has 0 aliphatic rings. The van der Waals surface area contributed by atoms with E-state index >= 15 is 0 Å². The van der Waals surface area contributed by atoms with E-state index in [1.807, 2.05) is 18.7 Å². The van der Waals surface area contributed by atoms with Crippen molar-refractivity contribution in [3.63, 3.8) is 0 Å². The van der Waals surface area contributed by atoms with E-state index in [1.54, 1.807) is 0 Å². The van der Waals surface area contributed by atoms with Gasteiger partial charge < -0.3 is 9.47 Å². The molecule has 134 valence electrons. The van der Waals surface area contributed by atoms with Crippen molar-refractivity contribution >= 4 is 0 Å². The Morgan fingerprint density at radius 1 is 0.783 bits per heavy atom. The van der Waals surface area contributed by atoms with Crippen LogP contribution in [0, 0.1) is 0 Å². The molecule has 4 nitrogen and oxygen atoms in total. The second-order valence-corrected chi connectivity index (χ2v) is 6.35. The van der Waals surface area contributed by atoms with Crippen LogP contribution in [0.5, 0.6) is 0 Å². The third-order valence-corrected chi connectivity index (χ3v) is 4.01. The van der Waals surface area contributed by atoms with Gasteiger partial charge in [-0.15, -0.1) is 0 Å². The zero-order valence-corrected chi connectivity index (χ0v) is 15.3. The average molecular weight is 326 g/mol. The van der Waals surface area contributed by atoms with Gasteiger partial charge in [0.15, 0.2) is 13.5 Å². The lowest BCUT2D eigenvalue weighted by Crippen LogP contribution is -2.32. The highest BCUT2D eigenvalue weighted by Gasteiger charge is 2.03. The molecule has 0 radical (unpaired) electrons. The molecule has 0 N–H and O–H groups in total. The summed E-state index contributed by atoms with van der Waals surface area (Å²) in [5, 5.41) is 0. The first-order chi connectivity index (χ1) is 11.4. The first-order valence-electron chi connectivity index (χ1n) is 9.57. The molecule has 0 unspecified atom stereocenters. The van der Waals surface area contributed by atoms with Crippen LogP contribution in [0.1, 0.15) is 78.1 Å². The molecule has 1 aromatic rings. The number of nitrogens with zero attached hydrogens (tertiary/aromatic N) is 2. The predicted molar refractivity (Wildman–Crippen MR) is 94.0 cm³/mol. The Hall–Kier alpha value is -0.870. The lowest BCUT2D eigenvalue weighted by Gasteiger charge is -2.02. The van der Waals surface area contributed by atoms with Gasteiger partial charge in [0, 0.05) is 0 Å². The minimum atomic E-state index is 0.637. The molecule has 0 atom stereocenters. The van der Waals surface area contributed by atoms with Gasteiger partial charge in [-0.1, -0.05) is 65.2 Å². The van der Waals surface area contributed by atoms with Gasteiger partial charge >= 0.3 is 0 Å². The summed E-state index contributed by atoms with van der Waals surface area (Å²) in [6.07, 6.45) is 19.0. The molecule has 0 saturated carbocycles. The maximum Gasteiger partial charge on any atom is 0.247 e. The van der Waals surface area contributed by atoms with E-state index in [4.69, 9.17) is 9.47 Å². The van der Waals surface area contributed by atoms with Crippen molar-refractivity contribution in [2.24, 2.45) is 0 Å². The van der Waals surface area contributed by atoms with Crippen molar-refractivity contribution in [3.05, 3.63) is 18.7 Å². The Morgan fingerprint density at radius 3 is 2.04 bits per heavy atom. The van der Waals surface area contributed by atoms with Crippen LogP contribution in [0.4, 0.5) is 0 Å². The topological polar surface area (TPSA) is 27.3 Å². The number of ether oxygens (including phenoxy) is 2. The number of imidazole rings is 1. The summed E-state index contributed by atoms with van der Waals surface area (Å²) in [4.78, 5) is 0. The van der Waals surface area contributed by atoms with E-state index < -0.39 is 0 Å². The highest BCUT2D eigenvalue weighted by atomic mass is 16.5. The zero-order valence-electron chi connectivity index (χ0n) is 15.3. The molecule has 0 amide bonds. The third-order valence-electron chi connectivity index (χ3n) is 4.01. The third kappa shape index (κ3) is 11.3. The van der Waals surface area contributed by atoms with Gasteiger partial charge in [-0.05, 0) is 12.8 Å². The van der Waals surface area contributed by atoms with Crippen molar-refractivity contribution in [3.8, 4) is 0 Å². The van der Waals surface area contributed by atoms with E-state index in [0.29, 0.717) is 13.5 Å². The number of aromatic nitrogens is 2. The van der Waals surface area contributed by atoms with Gasteiger partial charge in [-0.2, -0.15) is 0 Å². The summed E-state index contributed by atoms with van der Waals surface area (Å²) in [5.41, 5.74) is 0.